The molecule has 0 spiro atoms. The number of nitriles is 2. The minimum absolute atomic E-state index is 0.184. The topological polar surface area (TPSA) is 92.1 Å². The van der Waals surface area contributed by atoms with Gasteiger partial charge in [0.15, 0.2) is 11.5 Å². The van der Waals surface area contributed by atoms with Crippen molar-refractivity contribution in [2.75, 3.05) is 18.9 Å². The Labute approximate surface area is 245 Å². The minimum Gasteiger partial charge on any atom is -0.491 e. The molecule has 0 aliphatic carbocycles. The van der Waals surface area contributed by atoms with Crippen molar-refractivity contribution in [1.29, 1.82) is 10.5 Å². The number of fused-ring (bicyclic) bond motifs is 1. The zero-order chi connectivity index (χ0) is 28.6. The number of hydrogen-bond donors (Lipinski definition) is 1. The first kappa shape index (κ1) is 29.2. The summed E-state index contributed by atoms with van der Waals surface area (Å²) in [5, 5.41) is 22.9. The zero-order valence-corrected chi connectivity index (χ0v) is 24.9. The molecule has 4 rings (SSSR count). The van der Waals surface area contributed by atoms with Crippen molar-refractivity contribution in [3.05, 3.63) is 77.4 Å². The Bertz CT molecular complexity index is 1600. The van der Waals surface area contributed by atoms with Crippen LogP contribution in [0.2, 0.25) is 0 Å². The normalized spacial score (nSPS) is 10.9. The van der Waals surface area contributed by atoms with Crippen LogP contribution < -0.4 is 15.2 Å². The first-order chi connectivity index (χ1) is 19.4. The molecular weight excluding hydrogens is 535 g/mol. The van der Waals surface area contributed by atoms with Crippen molar-refractivity contribution in [2.45, 2.75) is 66.0 Å². The van der Waals surface area contributed by atoms with E-state index < -0.39 is 0 Å². The van der Waals surface area contributed by atoms with Gasteiger partial charge in [-0.1, -0.05) is 93.7 Å². The largest absolute Gasteiger partial charge is 0.491 e. The maximum absolute atomic E-state index is 10.3. The van der Waals surface area contributed by atoms with Crippen LogP contribution in [-0.4, -0.2) is 13.2 Å². The number of ether oxygens (including phenoxy) is 2. The monoisotopic (exact) mass is 567 g/mol. The molecule has 0 atom stereocenters. The second-order valence-corrected chi connectivity index (χ2v) is 11.7. The third kappa shape index (κ3) is 6.02. The summed E-state index contributed by atoms with van der Waals surface area (Å²) in [5.74, 6) is 1.17. The molecule has 4 aromatic carbocycles. The fraction of sp³-hybridized carbons (Fsp3) is 0.273. The van der Waals surface area contributed by atoms with E-state index in [1.165, 1.54) is 34.5 Å². The van der Waals surface area contributed by atoms with E-state index in [0.717, 1.165) is 37.8 Å². The Morgan fingerprint density at radius 3 is 1.80 bits per heavy atom. The van der Waals surface area contributed by atoms with E-state index in [1.54, 1.807) is 0 Å². The molecule has 0 saturated heterocycles. The van der Waals surface area contributed by atoms with Crippen molar-refractivity contribution < 1.29 is 9.47 Å². The molecular formula is C33H33N3O2S2. The van der Waals surface area contributed by atoms with Crippen LogP contribution in [0.25, 0.3) is 10.8 Å². The quantitative estimate of drug-likeness (QED) is 0.181. The smallest absolute Gasteiger partial charge is 0.153 e. The molecule has 0 unspecified atom stereocenters. The maximum Gasteiger partial charge on any atom is 0.153 e. The lowest BCUT2D eigenvalue weighted by Gasteiger charge is -2.22. The summed E-state index contributed by atoms with van der Waals surface area (Å²) in [6.45, 7) is 9.23. The highest BCUT2D eigenvalue weighted by atomic mass is 32.2. The molecule has 0 fully saturated rings. The molecule has 0 aliphatic heterocycles. The van der Waals surface area contributed by atoms with Gasteiger partial charge in [0.2, 0.25) is 0 Å². The number of anilines is 1. The highest BCUT2D eigenvalue weighted by Crippen LogP contribution is 2.53. The van der Waals surface area contributed by atoms with Crippen LogP contribution in [0.15, 0.2) is 80.2 Å². The number of nitrogens with two attached hydrogens (primary N) is 1. The first-order valence-corrected chi connectivity index (χ1v) is 15.1. The van der Waals surface area contributed by atoms with Crippen LogP contribution in [0.5, 0.6) is 11.5 Å². The molecule has 2 N–H and O–H groups in total. The number of para-hydroxylation sites is 1. The molecule has 204 valence electrons. The summed E-state index contributed by atoms with van der Waals surface area (Å²) >= 11 is 2.97. The Balaban J connectivity index is 2.05. The van der Waals surface area contributed by atoms with Gasteiger partial charge in [0.05, 0.1) is 23.0 Å². The minimum atomic E-state index is 0.184. The molecule has 0 bridgehead atoms. The van der Waals surface area contributed by atoms with Gasteiger partial charge in [0.1, 0.15) is 23.3 Å². The zero-order valence-electron chi connectivity index (χ0n) is 23.3. The Hall–Kier alpha value is -3.78. The molecule has 5 nitrogen and oxygen atoms in total. The predicted molar refractivity (Wildman–Crippen MR) is 165 cm³/mol. The molecule has 0 aromatic heterocycles. The van der Waals surface area contributed by atoms with Gasteiger partial charge in [-0.2, -0.15) is 10.5 Å². The number of nitrogens with zero attached hydrogens (tertiary/aromatic N) is 2. The van der Waals surface area contributed by atoms with Crippen LogP contribution >= 0.6 is 23.5 Å². The van der Waals surface area contributed by atoms with Crippen LogP contribution in [0.1, 0.15) is 63.1 Å². The summed E-state index contributed by atoms with van der Waals surface area (Å²) in [6, 6.07) is 24.8. The van der Waals surface area contributed by atoms with E-state index in [-0.39, 0.29) is 11.1 Å². The lowest BCUT2D eigenvalue weighted by atomic mass is 9.96. The average molecular weight is 568 g/mol. The number of nitrogen functional groups attached to an aromatic ring is 1. The molecule has 0 aliphatic rings. The number of hydrogen-bond acceptors (Lipinski definition) is 7. The van der Waals surface area contributed by atoms with Crippen LogP contribution in [0.3, 0.4) is 0 Å². The standard InChI is InChI=1S/C33H33N3O2S2/c1-5-17-37-30-25(19-34)26(20-35)31(38-18-6-2)33(40-29-15-8-7-14-27(29)36)32(30)39-28-16-10-12-23-22(21(3)4)11-9-13-24(23)28/h7-16,21H,5-6,17-18,36H2,1-4H3. The second kappa shape index (κ2) is 13.5. The van der Waals surface area contributed by atoms with Crippen LogP contribution in [-0.2, 0) is 0 Å². The summed E-state index contributed by atoms with van der Waals surface area (Å²) < 4.78 is 12.5. The van der Waals surface area contributed by atoms with Gasteiger partial charge in [-0.05, 0) is 53.3 Å². The highest BCUT2D eigenvalue weighted by Gasteiger charge is 2.29. The SMILES string of the molecule is CCCOc1c(C#N)c(C#N)c(OCCC)c(Sc2cccc3c(C(C)C)cccc23)c1Sc1ccccc1N. The average Bonchev–Trinajstić information content (AvgIpc) is 2.96. The van der Waals surface area contributed by atoms with E-state index in [2.05, 4.69) is 62.4 Å². The number of benzene rings is 4. The summed E-state index contributed by atoms with van der Waals surface area (Å²) in [7, 11) is 0. The lowest BCUT2D eigenvalue weighted by molar-refractivity contribution is 0.293. The Morgan fingerprint density at radius 1 is 0.725 bits per heavy atom. The molecule has 0 heterocycles. The van der Waals surface area contributed by atoms with Crippen molar-refractivity contribution in [3.63, 3.8) is 0 Å². The fourth-order valence-corrected chi connectivity index (χ4v) is 6.77. The number of rotatable bonds is 11. The summed E-state index contributed by atoms with van der Waals surface area (Å²) in [4.78, 5) is 3.32. The van der Waals surface area contributed by atoms with Gasteiger partial charge < -0.3 is 15.2 Å². The van der Waals surface area contributed by atoms with Crippen LogP contribution in [0, 0.1) is 22.7 Å². The molecule has 7 heteroatoms. The van der Waals surface area contributed by atoms with E-state index in [1.807, 2.05) is 38.1 Å². The van der Waals surface area contributed by atoms with E-state index in [0.29, 0.717) is 36.3 Å². The van der Waals surface area contributed by atoms with Crippen LogP contribution in [0.4, 0.5) is 5.69 Å². The summed E-state index contributed by atoms with van der Waals surface area (Å²) in [5.41, 5.74) is 8.64. The molecule has 4 aromatic rings. The van der Waals surface area contributed by atoms with Crippen molar-refractivity contribution >= 4 is 40.0 Å². The van der Waals surface area contributed by atoms with Crippen molar-refractivity contribution in [3.8, 4) is 23.6 Å². The Kier molecular flexibility index (Phi) is 9.88. The van der Waals surface area contributed by atoms with Gasteiger partial charge in [-0.15, -0.1) is 0 Å². The third-order valence-corrected chi connectivity index (χ3v) is 8.81. The van der Waals surface area contributed by atoms with Gasteiger partial charge in [0.25, 0.3) is 0 Å². The molecule has 0 saturated carbocycles. The van der Waals surface area contributed by atoms with Gasteiger partial charge >= 0.3 is 0 Å². The second-order valence-electron chi connectivity index (χ2n) is 9.58. The van der Waals surface area contributed by atoms with E-state index in [4.69, 9.17) is 15.2 Å². The summed E-state index contributed by atoms with van der Waals surface area (Å²) in [6.07, 6.45) is 1.51. The predicted octanol–water partition coefficient (Wildman–Crippen LogP) is 9.17. The van der Waals surface area contributed by atoms with Crippen molar-refractivity contribution in [2.24, 2.45) is 0 Å². The first-order valence-electron chi connectivity index (χ1n) is 13.5. The fourth-order valence-electron chi connectivity index (χ4n) is 4.43. The third-order valence-electron chi connectivity index (χ3n) is 6.33. The van der Waals surface area contributed by atoms with Gasteiger partial charge in [-0.25, -0.2) is 0 Å². The van der Waals surface area contributed by atoms with Gasteiger partial charge in [0, 0.05) is 15.5 Å². The molecule has 40 heavy (non-hydrogen) atoms. The van der Waals surface area contributed by atoms with E-state index in [9.17, 15) is 10.5 Å². The lowest BCUT2D eigenvalue weighted by Crippen LogP contribution is -2.07. The molecule has 0 amide bonds. The van der Waals surface area contributed by atoms with E-state index >= 15 is 0 Å². The van der Waals surface area contributed by atoms with Crippen molar-refractivity contribution in [1.82, 2.24) is 0 Å². The van der Waals surface area contributed by atoms with Gasteiger partial charge in [-0.3, -0.25) is 0 Å². The Morgan fingerprint density at radius 2 is 1.25 bits per heavy atom. The molecule has 0 radical (unpaired) electrons. The maximum atomic E-state index is 10.3. The highest BCUT2D eigenvalue weighted by molar-refractivity contribution is 8.02.